The number of carboxylic acid groups (broad SMARTS) is 1. The van der Waals surface area contributed by atoms with Gasteiger partial charge in [-0.2, -0.15) is 0 Å². The van der Waals surface area contributed by atoms with E-state index in [-0.39, 0.29) is 17.0 Å². The molecule has 4 rings (SSSR count). The van der Waals surface area contributed by atoms with Crippen molar-refractivity contribution in [2.45, 2.75) is 136 Å². The number of aryl methyl sites for hydroxylation is 2. The Balaban J connectivity index is -0.000000198. The number of rotatable bonds is 2. The third-order valence-corrected chi connectivity index (χ3v) is 5.69. The fourth-order valence-electron chi connectivity index (χ4n) is 3.83. The molecule has 0 atom stereocenters. The standard InChI is InChI=1S/C16H20N2O.C12H11NO2.C4H11N.4C2H6.I3.I2/c1-10-11(2)17-13-9-7-6-8-12(13)14(10)15(19)18-16(3,4)5;1-7-8(2)13-10-6-4-3-5-9(10)11(7)12(14)15;1-4(2,3)5;4*1-2;1-3-2;1-2/h6-9H,1-5H3,(H,18,19);3-6H,1-2H3,(H,14,15);5H2,1-3H3;4*1-2H3;;/q;;;;;;;-1;. The van der Waals surface area contributed by atoms with Gasteiger partial charge in [-0.05, 0) is 92.5 Å². The van der Waals surface area contributed by atoms with Crippen molar-refractivity contribution in [2.24, 2.45) is 5.73 Å². The van der Waals surface area contributed by atoms with Crippen LogP contribution in [-0.4, -0.2) is 38.0 Å². The summed E-state index contributed by atoms with van der Waals surface area (Å²) in [4.78, 5) is 32.6. The molecule has 4 aromatic rings. The van der Waals surface area contributed by atoms with Gasteiger partial charge in [0.2, 0.25) is 0 Å². The molecule has 300 valence electrons. The van der Waals surface area contributed by atoms with Crippen LogP contribution >= 0.6 is 74.5 Å². The number of carboxylic acids is 1. The molecule has 52 heavy (non-hydrogen) atoms. The van der Waals surface area contributed by atoms with Crippen LogP contribution in [0.3, 0.4) is 0 Å². The van der Waals surface area contributed by atoms with Gasteiger partial charge < -0.3 is 16.2 Å². The van der Waals surface area contributed by atoms with E-state index in [9.17, 15) is 9.59 Å². The molecule has 12 heteroatoms. The molecule has 0 aliphatic heterocycles. The van der Waals surface area contributed by atoms with Crippen molar-refractivity contribution in [2.75, 3.05) is 0 Å². The number of benzene rings is 2. The molecule has 7 nitrogen and oxygen atoms in total. The number of para-hydroxylation sites is 2. The van der Waals surface area contributed by atoms with E-state index in [1.807, 2.05) is 160 Å². The van der Waals surface area contributed by atoms with Gasteiger partial charge in [0.15, 0.2) is 0 Å². The zero-order valence-corrected chi connectivity index (χ0v) is 45.5. The van der Waals surface area contributed by atoms with Crippen LogP contribution in [0.15, 0.2) is 48.5 Å². The van der Waals surface area contributed by atoms with Gasteiger partial charge in [0, 0.05) is 70.5 Å². The molecule has 2 heterocycles. The van der Waals surface area contributed by atoms with Crippen molar-refractivity contribution in [3.05, 3.63) is 82.2 Å². The molecular weight excluding hydrogens is 1220 g/mol. The summed E-state index contributed by atoms with van der Waals surface area (Å²) in [5, 5.41) is 13.8. The number of nitrogens with zero attached hydrogens (tertiary/aromatic N) is 2. The molecule has 0 saturated heterocycles. The van der Waals surface area contributed by atoms with Gasteiger partial charge in [-0.3, -0.25) is 14.8 Å². The Morgan fingerprint density at radius 2 is 0.923 bits per heavy atom. The minimum atomic E-state index is -0.894. The predicted octanol–water partition coefficient (Wildman–Crippen LogP) is 11.3. The molecular formula is C40H66I5N4O3-. The average molecular weight is 1290 g/mol. The number of carbonyl (C=O) groups excluding carboxylic acids is 1. The van der Waals surface area contributed by atoms with Crippen LogP contribution < -0.4 is 24.3 Å². The van der Waals surface area contributed by atoms with E-state index in [0.717, 1.165) is 44.5 Å². The predicted molar refractivity (Wildman–Crippen MR) is 262 cm³/mol. The Morgan fingerprint density at radius 1 is 0.654 bits per heavy atom. The van der Waals surface area contributed by atoms with Crippen molar-refractivity contribution >= 4 is 108 Å². The second-order valence-electron chi connectivity index (χ2n) is 11.9. The number of aromatic nitrogens is 2. The van der Waals surface area contributed by atoms with Gasteiger partial charge in [0.05, 0.1) is 22.2 Å². The Labute approximate surface area is 370 Å². The summed E-state index contributed by atoms with van der Waals surface area (Å²) in [6, 6.07) is 15.1. The van der Waals surface area contributed by atoms with Gasteiger partial charge in [-0.25, -0.2) is 4.79 Å². The number of hydrogen-bond acceptors (Lipinski definition) is 5. The summed E-state index contributed by atoms with van der Waals surface area (Å²) >= 11 is 9.54. The summed E-state index contributed by atoms with van der Waals surface area (Å²) in [5.41, 5.74) is 11.2. The van der Waals surface area contributed by atoms with Crippen LogP contribution in [-0.2, 0) is 0 Å². The number of carbonyl (C=O) groups is 2. The first-order valence-electron chi connectivity index (χ1n) is 17.4. The second-order valence-corrected chi connectivity index (χ2v) is 28.1. The van der Waals surface area contributed by atoms with Gasteiger partial charge in [0.1, 0.15) is 0 Å². The van der Waals surface area contributed by atoms with E-state index >= 15 is 0 Å². The summed E-state index contributed by atoms with van der Waals surface area (Å²) in [6.45, 7) is 35.4. The van der Waals surface area contributed by atoms with Crippen molar-refractivity contribution < 1.29 is 28.0 Å². The molecule has 0 unspecified atom stereocenters. The number of aromatic carboxylic acids is 1. The molecule has 4 N–H and O–H groups in total. The molecule has 0 radical (unpaired) electrons. The van der Waals surface area contributed by atoms with Crippen LogP contribution in [0.5, 0.6) is 0 Å². The summed E-state index contributed by atoms with van der Waals surface area (Å²) < 4.78 is 0. The number of pyridine rings is 2. The van der Waals surface area contributed by atoms with Crippen LogP contribution in [0.25, 0.3) is 21.8 Å². The fourth-order valence-corrected chi connectivity index (χ4v) is 3.83. The minimum absolute atomic E-state index is 0. The van der Waals surface area contributed by atoms with Crippen LogP contribution in [0.1, 0.15) is 140 Å². The Bertz CT molecular complexity index is 1530. The quantitative estimate of drug-likeness (QED) is 0.172. The maximum atomic E-state index is 12.5. The SMILES string of the molecule is CC.CC.CC.CC.CC(C)(C)N.Cc1nc2ccccc2c(C(=O)NC(C)(C)C)c1C.Cc1nc2ccccc2c(C(=O)O)c1C.II.I[I-]I. The molecule has 0 saturated carbocycles. The Morgan fingerprint density at radius 3 is 1.21 bits per heavy atom. The van der Waals surface area contributed by atoms with E-state index in [4.69, 9.17) is 10.8 Å². The number of hydrogen-bond donors (Lipinski definition) is 3. The van der Waals surface area contributed by atoms with E-state index in [0.29, 0.717) is 24.2 Å². The first kappa shape index (κ1) is 61.0. The van der Waals surface area contributed by atoms with E-state index in [1.54, 1.807) is 13.0 Å². The molecule has 0 bridgehead atoms. The Hall–Kier alpha value is -0.190. The van der Waals surface area contributed by atoms with E-state index in [1.165, 1.54) is 0 Å². The number of nitrogens with two attached hydrogens (primary N) is 1. The van der Waals surface area contributed by atoms with E-state index in [2.05, 4.69) is 89.7 Å². The summed E-state index contributed by atoms with van der Waals surface area (Å²) in [6.07, 6.45) is 0. The zero-order chi connectivity index (χ0) is 42.4. The molecule has 0 spiro atoms. The third-order valence-electron chi connectivity index (χ3n) is 5.69. The number of fused-ring (bicyclic) bond motifs is 2. The first-order chi connectivity index (χ1) is 24.3. The fraction of sp³-hybridized carbons (Fsp3) is 0.500. The van der Waals surface area contributed by atoms with Crippen molar-refractivity contribution in [1.82, 2.24) is 15.3 Å². The number of halogens is 5. The van der Waals surface area contributed by atoms with Gasteiger partial charge in [-0.1, -0.05) is 91.8 Å². The topological polar surface area (TPSA) is 118 Å². The first-order valence-corrected chi connectivity index (χ1v) is 36.3. The molecule has 2 aromatic carbocycles. The van der Waals surface area contributed by atoms with Crippen molar-refractivity contribution in [3.63, 3.8) is 0 Å². The second kappa shape index (κ2) is 35.2. The maximum absolute atomic E-state index is 12.5. The molecule has 0 aliphatic carbocycles. The molecule has 1 amide bonds. The average Bonchev–Trinajstić information content (AvgIpc) is 3.09. The third kappa shape index (κ3) is 26.6. The number of amides is 1. The van der Waals surface area contributed by atoms with Crippen LogP contribution in [0.2, 0.25) is 0 Å². The van der Waals surface area contributed by atoms with Gasteiger partial charge in [0.25, 0.3) is 5.91 Å². The van der Waals surface area contributed by atoms with Crippen molar-refractivity contribution in [1.29, 1.82) is 0 Å². The molecule has 0 fully saturated rings. The molecule has 2 aromatic heterocycles. The summed E-state index contributed by atoms with van der Waals surface area (Å²) in [5.74, 6) is -0.930. The molecule has 0 aliphatic rings. The van der Waals surface area contributed by atoms with Crippen LogP contribution in [0, 0.1) is 27.7 Å². The number of nitrogens with one attached hydrogen (secondary N) is 1. The van der Waals surface area contributed by atoms with E-state index < -0.39 is 5.97 Å². The van der Waals surface area contributed by atoms with Gasteiger partial charge in [-0.15, -0.1) is 0 Å². The van der Waals surface area contributed by atoms with Gasteiger partial charge >= 0.3 is 56.5 Å². The van der Waals surface area contributed by atoms with Crippen LogP contribution in [0.4, 0.5) is 0 Å². The summed E-state index contributed by atoms with van der Waals surface area (Å²) in [7, 11) is 0. The Kier molecular flexibility index (Phi) is 41.4. The zero-order valence-electron chi connectivity index (χ0n) is 34.7. The normalized spacial score (nSPS) is 9.44. The monoisotopic (exact) mass is 1290 g/mol. The van der Waals surface area contributed by atoms with Crippen molar-refractivity contribution in [3.8, 4) is 0 Å².